The van der Waals surface area contributed by atoms with E-state index in [9.17, 15) is 4.79 Å². The van der Waals surface area contributed by atoms with Gasteiger partial charge in [0, 0.05) is 13.1 Å². The number of aryl methyl sites for hydroxylation is 2. The van der Waals surface area contributed by atoms with Crippen molar-refractivity contribution in [2.45, 2.75) is 40.5 Å². The molecule has 2 aromatic heterocycles. The van der Waals surface area contributed by atoms with Crippen molar-refractivity contribution in [1.29, 1.82) is 0 Å². The molecule has 1 N–H and O–H groups in total. The lowest BCUT2D eigenvalue weighted by atomic mass is 10.2. The first-order valence-electron chi connectivity index (χ1n) is 8.85. The molecule has 0 saturated carbocycles. The average Bonchev–Trinajstić information content (AvgIpc) is 2.88. The number of ether oxygens (including phenoxy) is 1. The number of nitrogens with one attached hydrogen (secondary N) is 1. The number of esters is 1. The van der Waals surface area contributed by atoms with Crippen LogP contribution in [0.25, 0.3) is 11.1 Å². The van der Waals surface area contributed by atoms with E-state index in [4.69, 9.17) is 9.15 Å². The quantitative estimate of drug-likeness (QED) is 0.697. The summed E-state index contributed by atoms with van der Waals surface area (Å²) in [7, 11) is 2.10. The first-order valence-corrected chi connectivity index (χ1v) is 8.85. The average molecular weight is 348 g/mol. The first-order chi connectivity index (χ1) is 12.0. The molecule has 0 amide bonds. The van der Waals surface area contributed by atoms with Gasteiger partial charge in [0.15, 0.2) is 0 Å². The maximum atomic E-state index is 12.3. The number of nitrogens with zero attached hydrogens (tertiary/aromatic N) is 3. The van der Waals surface area contributed by atoms with E-state index in [1.54, 1.807) is 20.8 Å². The summed E-state index contributed by atoms with van der Waals surface area (Å²) in [5.74, 6) is 1.30. The molecular formula is C18H28N4O3. The van der Waals surface area contributed by atoms with Crippen LogP contribution >= 0.6 is 0 Å². The number of hydrogen-bond acceptors (Lipinski definition) is 7. The smallest absolute Gasteiger partial charge is 0.342 e. The molecule has 0 bridgehead atoms. The molecule has 138 valence electrons. The summed E-state index contributed by atoms with van der Waals surface area (Å²) in [6.07, 6.45) is 2.36. The largest absolute Gasteiger partial charge is 0.462 e. The normalized spacial score (nSPS) is 11.3. The van der Waals surface area contributed by atoms with Crippen molar-refractivity contribution in [1.82, 2.24) is 14.9 Å². The fraction of sp³-hybridized carbons (Fsp3) is 0.611. The van der Waals surface area contributed by atoms with Crippen molar-refractivity contribution in [2.75, 3.05) is 38.6 Å². The molecule has 2 aromatic rings. The van der Waals surface area contributed by atoms with Crippen molar-refractivity contribution in [2.24, 2.45) is 0 Å². The van der Waals surface area contributed by atoms with Crippen LogP contribution < -0.4 is 5.32 Å². The van der Waals surface area contributed by atoms with Crippen molar-refractivity contribution in [3.63, 3.8) is 0 Å². The van der Waals surface area contributed by atoms with Gasteiger partial charge in [-0.2, -0.15) is 4.98 Å². The van der Waals surface area contributed by atoms with Gasteiger partial charge in [-0.25, -0.2) is 9.78 Å². The third kappa shape index (κ3) is 4.69. The lowest BCUT2D eigenvalue weighted by molar-refractivity contribution is 0.0526. The van der Waals surface area contributed by atoms with Crippen molar-refractivity contribution >= 4 is 22.9 Å². The summed E-state index contributed by atoms with van der Waals surface area (Å²) in [4.78, 5) is 23.4. The highest BCUT2D eigenvalue weighted by Crippen LogP contribution is 2.30. The van der Waals surface area contributed by atoms with E-state index >= 15 is 0 Å². The van der Waals surface area contributed by atoms with Gasteiger partial charge in [-0.3, -0.25) is 0 Å². The highest BCUT2D eigenvalue weighted by molar-refractivity contribution is 6.07. The van der Waals surface area contributed by atoms with Crippen LogP contribution in [0.15, 0.2) is 4.42 Å². The predicted octanol–water partition coefficient (Wildman–Crippen LogP) is 3.16. The standard InChI is InChI=1S/C18H28N4O3/c1-6-8-10-22(5)11-9-19-16-15-14(18(23)24-7-2)12(3)25-17(15)21-13(4)20-16/h6-11H2,1-5H3,(H,19,20,21). The van der Waals surface area contributed by atoms with Crippen LogP contribution in [-0.2, 0) is 4.74 Å². The Kier molecular flexibility index (Phi) is 6.75. The molecule has 2 heterocycles. The molecule has 0 fully saturated rings. The second-order valence-corrected chi connectivity index (χ2v) is 6.14. The fourth-order valence-corrected chi connectivity index (χ4v) is 2.70. The molecule has 25 heavy (non-hydrogen) atoms. The zero-order chi connectivity index (χ0) is 18.4. The number of fused-ring (bicyclic) bond motifs is 1. The Balaban J connectivity index is 2.24. The lowest BCUT2D eigenvalue weighted by Crippen LogP contribution is -2.26. The van der Waals surface area contributed by atoms with Gasteiger partial charge in [-0.05, 0) is 40.8 Å². The number of carbonyl (C=O) groups excluding carboxylic acids is 1. The number of anilines is 1. The fourth-order valence-electron chi connectivity index (χ4n) is 2.70. The number of likely N-dealkylation sites (N-methyl/N-ethyl adjacent to an activating group) is 1. The topological polar surface area (TPSA) is 80.5 Å². The van der Waals surface area contributed by atoms with Gasteiger partial charge in [-0.1, -0.05) is 13.3 Å². The van der Waals surface area contributed by atoms with Gasteiger partial charge in [0.1, 0.15) is 23.0 Å². The molecule has 0 aliphatic heterocycles. The molecule has 0 unspecified atom stereocenters. The van der Waals surface area contributed by atoms with E-state index in [1.807, 2.05) is 0 Å². The van der Waals surface area contributed by atoms with Crippen LogP contribution in [0.4, 0.5) is 5.82 Å². The van der Waals surface area contributed by atoms with Gasteiger partial charge in [0.2, 0.25) is 5.71 Å². The Bertz CT molecular complexity index is 727. The number of aromatic nitrogens is 2. The lowest BCUT2D eigenvalue weighted by Gasteiger charge is -2.16. The van der Waals surface area contributed by atoms with E-state index in [1.165, 1.54) is 12.8 Å². The molecule has 0 radical (unpaired) electrons. The summed E-state index contributed by atoms with van der Waals surface area (Å²) in [5, 5.41) is 3.92. The summed E-state index contributed by atoms with van der Waals surface area (Å²) in [6.45, 7) is 10.5. The molecule has 2 rings (SSSR count). The minimum absolute atomic E-state index is 0.308. The zero-order valence-corrected chi connectivity index (χ0v) is 15.8. The minimum Gasteiger partial charge on any atom is -0.462 e. The summed E-state index contributed by atoms with van der Waals surface area (Å²) >= 11 is 0. The number of unbranched alkanes of at least 4 members (excludes halogenated alkanes) is 1. The Morgan fingerprint density at radius 1 is 1.24 bits per heavy atom. The Labute approximate surface area is 148 Å². The first kappa shape index (κ1) is 19.2. The van der Waals surface area contributed by atoms with Gasteiger partial charge in [-0.15, -0.1) is 0 Å². The summed E-state index contributed by atoms with van der Waals surface area (Å²) < 4.78 is 10.8. The van der Waals surface area contributed by atoms with Crippen molar-refractivity contribution in [3.8, 4) is 0 Å². The maximum Gasteiger partial charge on any atom is 0.342 e. The predicted molar refractivity (Wildman–Crippen MR) is 98.1 cm³/mol. The Morgan fingerprint density at radius 3 is 2.68 bits per heavy atom. The molecule has 0 aromatic carbocycles. The maximum absolute atomic E-state index is 12.3. The van der Waals surface area contributed by atoms with Gasteiger partial charge >= 0.3 is 5.97 Å². The van der Waals surface area contributed by atoms with Crippen LogP contribution in [0.5, 0.6) is 0 Å². The Hall–Kier alpha value is -2.15. The van der Waals surface area contributed by atoms with E-state index in [-0.39, 0.29) is 0 Å². The van der Waals surface area contributed by atoms with E-state index in [2.05, 4.69) is 34.2 Å². The molecule has 0 aliphatic rings. The second-order valence-electron chi connectivity index (χ2n) is 6.14. The van der Waals surface area contributed by atoms with Crippen LogP contribution in [-0.4, -0.2) is 54.1 Å². The number of furan rings is 1. The molecule has 0 saturated heterocycles. The SMILES string of the molecule is CCCCN(C)CCNc1nc(C)nc2oc(C)c(C(=O)OCC)c12. The molecular weight excluding hydrogens is 320 g/mol. The highest BCUT2D eigenvalue weighted by atomic mass is 16.5. The number of hydrogen-bond donors (Lipinski definition) is 1. The van der Waals surface area contributed by atoms with E-state index in [0.717, 1.165) is 19.6 Å². The van der Waals surface area contributed by atoms with Crippen LogP contribution in [0, 0.1) is 13.8 Å². The van der Waals surface area contributed by atoms with Crippen molar-refractivity contribution < 1.29 is 13.9 Å². The number of rotatable bonds is 9. The van der Waals surface area contributed by atoms with Gasteiger partial charge in [0.25, 0.3) is 0 Å². The second kappa shape index (κ2) is 8.80. The highest BCUT2D eigenvalue weighted by Gasteiger charge is 2.24. The van der Waals surface area contributed by atoms with Gasteiger partial charge < -0.3 is 19.4 Å². The van der Waals surface area contributed by atoms with Crippen LogP contribution in [0.3, 0.4) is 0 Å². The molecule has 0 spiro atoms. The van der Waals surface area contributed by atoms with Crippen molar-refractivity contribution in [3.05, 3.63) is 17.1 Å². The summed E-state index contributed by atoms with van der Waals surface area (Å²) in [5.41, 5.74) is 0.813. The third-order valence-electron chi connectivity index (χ3n) is 4.00. The molecule has 7 nitrogen and oxygen atoms in total. The third-order valence-corrected chi connectivity index (χ3v) is 4.00. The van der Waals surface area contributed by atoms with Crippen LogP contribution in [0.1, 0.15) is 48.6 Å². The van der Waals surface area contributed by atoms with E-state index < -0.39 is 5.97 Å². The monoisotopic (exact) mass is 348 g/mol. The van der Waals surface area contributed by atoms with Gasteiger partial charge in [0.05, 0.1) is 12.0 Å². The minimum atomic E-state index is -0.408. The molecule has 0 atom stereocenters. The Morgan fingerprint density at radius 2 is 2.00 bits per heavy atom. The molecule has 0 aliphatic carbocycles. The number of carbonyl (C=O) groups is 1. The zero-order valence-electron chi connectivity index (χ0n) is 15.8. The summed E-state index contributed by atoms with van der Waals surface area (Å²) in [6, 6.07) is 0. The van der Waals surface area contributed by atoms with Crippen LogP contribution in [0.2, 0.25) is 0 Å². The van der Waals surface area contributed by atoms with E-state index in [0.29, 0.717) is 40.7 Å². The molecule has 7 heteroatoms.